The number of benzene rings is 4. The molecule has 0 saturated heterocycles. The number of fused-ring (bicyclic) bond motifs is 1. The number of hydrogen-bond donors (Lipinski definition) is 1. The third kappa shape index (κ3) is 6.58. The van der Waals surface area contributed by atoms with Crippen molar-refractivity contribution in [2.24, 2.45) is 5.73 Å². The number of carbonyl (C=O) groups excluding carboxylic acids is 1. The van der Waals surface area contributed by atoms with Gasteiger partial charge in [0.2, 0.25) is 5.88 Å². The van der Waals surface area contributed by atoms with E-state index in [1.807, 2.05) is 55.5 Å². The Labute approximate surface area is 247 Å². The molecule has 7 nitrogen and oxygen atoms in total. The van der Waals surface area contributed by atoms with E-state index in [1.165, 1.54) is 0 Å². The summed E-state index contributed by atoms with van der Waals surface area (Å²) in [6.07, 6.45) is 0. The van der Waals surface area contributed by atoms with Crippen LogP contribution in [-0.2, 0) is 11.4 Å². The fourth-order valence-electron chi connectivity index (χ4n) is 4.36. The fraction of sp³-hybridized carbons (Fsp3) is 0.125. The van der Waals surface area contributed by atoms with Crippen molar-refractivity contribution in [3.05, 3.63) is 129 Å². The van der Waals surface area contributed by atoms with Gasteiger partial charge in [0.05, 0.1) is 5.92 Å². The van der Waals surface area contributed by atoms with Crippen LogP contribution in [0.4, 0.5) is 0 Å². The highest BCUT2D eigenvalue weighted by atomic mass is 35.5. The molecule has 4 aromatic carbocycles. The molecule has 0 fully saturated rings. The zero-order valence-corrected chi connectivity index (χ0v) is 23.4. The predicted octanol–water partition coefficient (Wildman–Crippen LogP) is 7.08. The van der Waals surface area contributed by atoms with Crippen molar-refractivity contribution in [3.8, 4) is 29.1 Å². The molecule has 1 aliphatic heterocycles. The number of hydrogen-bond acceptors (Lipinski definition) is 7. The van der Waals surface area contributed by atoms with E-state index >= 15 is 0 Å². The second-order valence-electron chi connectivity index (χ2n) is 9.28. The Morgan fingerprint density at radius 1 is 0.927 bits per heavy atom. The smallest absolute Gasteiger partial charge is 0.349 e. The number of halogens is 2. The lowest BCUT2D eigenvalue weighted by atomic mass is 9.83. The number of nitrogens with two attached hydrogens (primary N) is 1. The van der Waals surface area contributed by atoms with Crippen molar-refractivity contribution >= 4 is 29.2 Å². The van der Waals surface area contributed by atoms with Gasteiger partial charge in [-0.2, -0.15) is 5.26 Å². The van der Waals surface area contributed by atoms with E-state index in [0.717, 1.165) is 16.7 Å². The van der Waals surface area contributed by atoms with Crippen LogP contribution in [-0.4, -0.2) is 12.6 Å². The van der Waals surface area contributed by atoms with E-state index in [4.69, 9.17) is 47.9 Å². The van der Waals surface area contributed by atoms with Crippen LogP contribution in [0.5, 0.6) is 23.0 Å². The quantitative estimate of drug-likeness (QED) is 0.174. The molecule has 5 rings (SSSR count). The highest BCUT2D eigenvalue weighted by Crippen LogP contribution is 2.43. The van der Waals surface area contributed by atoms with Crippen molar-refractivity contribution in [1.82, 2.24) is 0 Å². The number of ether oxygens (including phenoxy) is 4. The van der Waals surface area contributed by atoms with Gasteiger partial charge in [-0.3, -0.25) is 0 Å². The minimum Gasteiger partial charge on any atom is -0.489 e. The molecule has 41 heavy (non-hydrogen) atoms. The molecule has 1 atom stereocenters. The van der Waals surface area contributed by atoms with E-state index in [-0.39, 0.29) is 23.8 Å². The number of allylic oxidation sites excluding steroid dienone is 1. The average Bonchev–Trinajstić information content (AvgIpc) is 2.97. The first-order valence-corrected chi connectivity index (χ1v) is 13.3. The molecule has 1 unspecified atom stereocenters. The minimum atomic E-state index is -0.597. The summed E-state index contributed by atoms with van der Waals surface area (Å²) in [5.74, 6) is 0.721. The van der Waals surface area contributed by atoms with Crippen LogP contribution < -0.4 is 24.7 Å². The molecule has 0 saturated carbocycles. The monoisotopic (exact) mass is 586 g/mol. The Bertz CT molecular complexity index is 1660. The summed E-state index contributed by atoms with van der Waals surface area (Å²) in [6.45, 7) is 1.93. The van der Waals surface area contributed by atoms with Crippen LogP contribution in [0.1, 0.15) is 28.2 Å². The van der Waals surface area contributed by atoms with Gasteiger partial charge in [0.25, 0.3) is 0 Å². The van der Waals surface area contributed by atoms with Gasteiger partial charge in [-0.05, 0) is 72.1 Å². The first kappa shape index (κ1) is 27.9. The first-order chi connectivity index (χ1) is 19.8. The van der Waals surface area contributed by atoms with Crippen molar-refractivity contribution in [2.45, 2.75) is 19.4 Å². The van der Waals surface area contributed by atoms with E-state index < -0.39 is 11.9 Å². The van der Waals surface area contributed by atoms with Crippen LogP contribution in [0.2, 0.25) is 10.0 Å². The Morgan fingerprint density at radius 3 is 2.34 bits per heavy atom. The lowest BCUT2D eigenvalue weighted by Gasteiger charge is -2.26. The molecule has 0 aromatic heterocycles. The Hall–Kier alpha value is -4.64. The van der Waals surface area contributed by atoms with Gasteiger partial charge >= 0.3 is 5.97 Å². The summed E-state index contributed by atoms with van der Waals surface area (Å²) in [5.41, 5.74) is 9.77. The molecule has 9 heteroatoms. The number of aryl methyl sites for hydroxylation is 1. The molecule has 0 aliphatic carbocycles. The SMILES string of the molecule is Cc1cc(OCC(=O)Oc2ccc3c(c2)OC(N)=C(C#N)C3c2ccc(OCc3ccc(Cl)cc3)cc2)ccc1Cl. The number of rotatable bonds is 8. The molecule has 1 aliphatic rings. The second-order valence-corrected chi connectivity index (χ2v) is 10.1. The zero-order chi connectivity index (χ0) is 28.9. The number of esters is 1. The highest BCUT2D eigenvalue weighted by molar-refractivity contribution is 6.31. The van der Waals surface area contributed by atoms with Crippen molar-refractivity contribution in [1.29, 1.82) is 5.26 Å². The van der Waals surface area contributed by atoms with E-state index in [0.29, 0.717) is 39.5 Å². The largest absolute Gasteiger partial charge is 0.489 e. The Balaban J connectivity index is 1.29. The summed E-state index contributed by atoms with van der Waals surface area (Å²) >= 11 is 12.0. The van der Waals surface area contributed by atoms with Crippen molar-refractivity contribution in [2.75, 3.05) is 6.61 Å². The summed E-state index contributed by atoms with van der Waals surface area (Å²) in [4.78, 5) is 12.4. The van der Waals surface area contributed by atoms with Gasteiger partial charge in [0.15, 0.2) is 6.61 Å². The van der Waals surface area contributed by atoms with Gasteiger partial charge < -0.3 is 24.7 Å². The van der Waals surface area contributed by atoms with Gasteiger partial charge in [-0.15, -0.1) is 0 Å². The van der Waals surface area contributed by atoms with Crippen LogP contribution in [0, 0.1) is 18.3 Å². The summed E-state index contributed by atoms with van der Waals surface area (Å²) in [5, 5.41) is 11.1. The third-order valence-corrected chi connectivity index (χ3v) is 7.12. The summed E-state index contributed by atoms with van der Waals surface area (Å²) in [7, 11) is 0. The zero-order valence-electron chi connectivity index (χ0n) is 21.9. The molecular weight excluding hydrogens is 563 g/mol. The highest BCUT2D eigenvalue weighted by Gasteiger charge is 2.31. The molecule has 4 aromatic rings. The minimum absolute atomic E-state index is 0.0158. The predicted molar refractivity (Wildman–Crippen MR) is 155 cm³/mol. The fourth-order valence-corrected chi connectivity index (χ4v) is 4.60. The Morgan fingerprint density at radius 2 is 1.63 bits per heavy atom. The summed E-state index contributed by atoms with van der Waals surface area (Å²) in [6, 6.07) is 27.1. The number of carbonyl (C=O) groups is 1. The molecule has 206 valence electrons. The van der Waals surface area contributed by atoms with Crippen LogP contribution in [0.3, 0.4) is 0 Å². The Kier molecular flexibility index (Phi) is 8.34. The van der Waals surface area contributed by atoms with Gasteiger partial charge in [0.1, 0.15) is 41.2 Å². The molecule has 1 heterocycles. The average molecular weight is 587 g/mol. The topological polar surface area (TPSA) is 104 Å². The summed E-state index contributed by atoms with van der Waals surface area (Å²) < 4.78 is 22.6. The third-order valence-electron chi connectivity index (χ3n) is 6.44. The maximum Gasteiger partial charge on any atom is 0.349 e. The molecule has 2 N–H and O–H groups in total. The normalized spacial score (nSPS) is 14.0. The van der Waals surface area contributed by atoms with E-state index in [1.54, 1.807) is 36.4 Å². The second kappa shape index (κ2) is 12.3. The van der Waals surface area contributed by atoms with Crippen LogP contribution >= 0.6 is 23.2 Å². The molecule has 0 radical (unpaired) electrons. The van der Waals surface area contributed by atoms with Gasteiger partial charge in [0, 0.05) is 21.7 Å². The van der Waals surface area contributed by atoms with E-state index in [2.05, 4.69) is 6.07 Å². The molecule has 0 bridgehead atoms. The van der Waals surface area contributed by atoms with Gasteiger partial charge in [-0.25, -0.2) is 4.79 Å². The van der Waals surface area contributed by atoms with E-state index in [9.17, 15) is 10.1 Å². The van der Waals surface area contributed by atoms with Crippen molar-refractivity contribution < 1.29 is 23.7 Å². The molecule has 0 amide bonds. The molecule has 0 spiro atoms. The maximum atomic E-state index is 12.4. The lowest BCUT2D eigenvalue weighted by molar-refractivity contribution is -0.136. The number of nitrogens with zero attached hydrogens (tertiary/aromatic N) is 1. The maximum absolute atomic E-state index is 12.4. The lowest BCUT2D eigenvalue weighted by Crippen LogP contribution is -2.21. The number of nitriles is 1. The van der Waals surface area contributed by atoms with Crippen LogP contribution in [0.25, 0.3) is 0 Å². The standard InChI is InChI=1S/C32H24Cl2N2O5/c1-19-14-24(11-13-28(19)34)39-18-30(37)40-25-10-12-26-29(15-25)41-32(36)27(16-35)31(26)21-4-8-23(9-5-21)38-17-20-2-6-22(33)7-3-20/h2-15,31H,17-18,36H2,1H3. The van der Waals surface area contributed by atoms with Crippen molar-refractivity contribution in [3.63, 3.8) is 0 Å². The first-order valence-electron chi connectivity index (χ1n) is 12.6. The van der Waals surface area contributed by atoms with Crippen LogP contribution in [0.15, 0.2) is 96.4 Å². The molecular formula is C32H24Cl2N2O5. The van der Waals surface area contributed by atoms with Gasteiger partial charge in [-0.1, -0.05) is 53.5 Å².